The van der Waals surface area contributed by atoms with Gasteiger partial charge >= 0.3 is 0 Å². The van der Waals surface area contributed by atoms with Crippen LogP contribution >= 0.6 is 11.3 Å². The molecule has 0 saturated carbocycles. The molecule has 0 spiro atoms. The molecule has 0 unspecified atom stereocenters. The molecule has 2 aromatic heterocycles. The Labute approximate surface area is 133 Å². The van der Waals surface area contributed by atoms with E-state index in [9.17, 15) is 0 Å². The van der Waals surface area contributed by atoms with Crippen molar-refractivity contribution >= 4 is 23.2 Å². The first-order valence-electron chi connectivity index (χ1n) is 7.00. The van der Waals surface area contributed by atoms with Gasteiger partial charge in [-0.05, 0) is 56.2 Å². The fourth-order valence-corrected chi connectivity index (χ4v) is 2.81. The van der Waals surface area contributed by atoms with E-state index in [1.165, 1.54) is 11.1 Å². The van der Waals surface area contributed by atoms with Gasteiger partial charge in [-0.2, -0.15) is 5.10 Å². The summed E-state index contributed by atoms with van der Waals surface area (Å²) in [6.07, 6.45) is 3.33. The van der Waals surface area contributed by atoms with E-state index in [2.05, 4.69) is 31.1 Å². The van der Waals surface area contributed by atoms with Gasteiger partial charge in [0.15, 0.2) is 0 Å². The van der Waals surface area contributed by atoms with Gasteiger partial charge in [0.05, 0.1) is 23.9 Å². The number of rotatable bonds is 3. The third kappa shape index (κ3) is 3.09. The Kier molecular flexibility index (Phi) is 4.06. The zero-order chi connectivity index (χ0) is 15.5. The first-order valence-corrected chi connectivity index (χ1v) is 7.88. The van der Waals surface area contributed by atoms with Crippen LogP contribution in [0.15, 0.2) is 56.5 Å². The first-order chi connectivity index (χ1) is 10.6. The Morgan fingerprint density at radius 2 is 2.00 bits per heavy atom. The summed E-state index contributed by atoms with van der Waals surface area (Å²) in [6.45, 7) is 6.20. The third-order valence-corrected chi connectivity index (χ3v) is 4.34. The molecule has 0 aliphatic rings. The number of hydrogen-bond donors (Lipinski definition) is 0. The molecule has 3 aromatic rings. The number of aryl methyl sites for hydroxylation is 3. The molecule has 2 heterocycles. The lowest BCUT2D eigenvalue weighted by Crippen LogP contribution is -2.11. The highest BCUT2D eigenvalue weighted by atomic mass is 32.1. The second kappa shape index (κ2) is 6.15. The summed E-state index contributed by atoms with van der Waals surface area (Å²) in [7, 11) is 0. The monoisotopic (exact) mass is 311 g/mol. The van der Waals surface area contributed by atoms with Crippen LogP contribution in [0.5, 0.6) is 0 Å². The molecule has 5 heteroatoms. The lowest BCUT2D eigenvalue weighted by molar-refractivity contribution is 0.559. The Bertz CT molecular complexity index is 870. The maximum atomic E-state index is 5.27. The van der Waals surface area contributed by atoms with Crippen LogP contribution in [0.25, 0.3) is 0 Å². The normalized spacial score (nSPS) is 12.4. The summed E-state index contributed by atoms with van der Waals surface area (Å²) >= 11 is 1.57. The molecule has 22 heavy (non-hydrogen) atoms. The van der Waals surface area contributed by atoms with Gasteiger partial charge in [-0.1, -0.05) is 6.07 Å². The Morgan fingerprint density at radius 1 is 1.14 bits per heavy atom. The number of furan rings is 1. The van der Waals surface area contributed by atoms with Gasteiger partial charge in [0, 0.05) is 5.38 Å². The highest BCUT2D eigenvalue weighted by Gasteiger charge is 2.01. The van der Waals surface area contributed by atoms with Crippen molar-refractivity contribution in [1.29, 1.82) is 0 Å². The Morgan fingerprint density at radius 3 is 2.73 bits per heavy atom. The van der Waals surface area contributed by atoms with E-state index in [0.717, 1.165) is 21.9 Å². The predicted octanol–water partition coefficient (Wildman–Crippen LogP) is 4.18. The topological polar surface area (TPSA) is 42.8 Å². The smallest absolute Gasteiger partial charge is 0.211 e. The van der Waals surface area contributed by atoms with Crippen LogP contribution in [-0.4, -0.2) is 10.9 Å². The highest BCUT2D eigenvalue weighted by molar-refractivity contribution is 7.07. The van der Waals surface area contributed by atoms with E-state index in [1.54, 1.807) is 23.8 Å². The van der Waals surface area contributed by atoms with Crippen LogP contribution < -0.4 is 4.80 Å². The minimum Gasteiger partial charge on any atom is -0.463 e. The van der Waals surface area contributed by atoms with Gasteiger partial charge in [0.2, 0.25) is 4.80 Å². The summed E-state index contributed by atoms with van der Waals surface area (Å²) in [5, 5.41) is 6.50. The number of hydrogen-bond acceptors (Lipinski definition) is 4. The molecule has 0 amide bonds. The molecule has 0 aliphatic carbocycles. The molecule has 0 atom stereocenters. The van der Waals surface area contributed by atoms with Gasteiger partial charge in [-0.3, -0.25) is 0 Å². The van der Waals surface area contributed by atoms with Crippen molar-refractivity contribution in [3.8, 4) is 0 Å². The van der Waals surface area contributed by atoms with Crippen molar-refractivity contribution in [2.45, 2.75) is 20.8 Å². The summed E-state index contributed by atoms with van der Waals surface area (Å²) in [5.41, 5.74) is 4.48. The van der Waals surface area contributed by atoms with Crippen molar-refractivity contribution in [2.75, 3.05) is 0 Å². The Hall–Kier alpha value is -2.40. The SMILES string of the molecule is Cc1ccc(N=c2scc(C)n2N=Cc2ccco2)cc1C. The number of aromatic nitrogens is 1. The van der Waals surface area contributed by atoms with Crippen LogP contribution in [0.2, 0.25) is 0 Å². The zero-order valence-electron chi connectivity index (χ0n) is 12.8. The molecule has 4 nitrogen and oxygen atoms in total. The summed E-state index contributed by atoms with van der Waals surface area (Å²) in [5.74, 6) is 0.718. The standard InChI is InChI=1S/C17H17N3OS/c1-12-6-7-15(9-13(12)2)19-17-20(14(3)11-22-17)18-10-16-5-4-8-21-16/h4-11H,1-3H3. The average Bonchev–Trinajstić information content (AvgIpc) is 3.12. The van der Waals surface area contributed by atoms with Crippen LogP contribution in [0, 0.1) is 20.8 Å². The third-order valence-electron chi connectivity index (χ3n) is 3.41. The molecule has 0 saturated heterocycles. The molecule has 0 bridgehead atoms. The Balaban J connectivity index is 2.01. The predicted molar refractivity (Wildman–Crippen MR) is 89.9 cm³/mol. The average molecular weight is 311 g/mol. The van der Waals surface area contributed by atoms with Gasteiger partial charge in [0.1, 0.15) is 5.76 Å². The van der Waals surface area contributed by atoms with Crippen molar-refractivity contribution in [2.24, 2.45) is 10.1 Å². The van der Waals surface area contributed by atoms with E-state index in [1.807, 2.05) is 35.2 Å². The van der Waals surface area contributed by atoms with E-state index >= 15 is 0 Å². The maximum Gasteiger partial charge on any atom is 0.211 e. The molecule has 0 N–H and O–H groups in total. The van der Waals surface area contributed by atoms with Crippen LogP contribution in [0.4, 0.5) is 5.69 Å². The number of thiazole rings is 1. The summed E-state index contributed by atoms with van der Waals surface area (Å²) in [6, 6.07) is 9.91. The second-order valence-electron chi connectivity index (χ2n) is 5.11. The lowest BCUT2D eigenvalue weighted by atomic mass is 10.1. The second-order valence-corrected chi connectivity index (χ2v) is 5.95. The molecular weight excluding hydrogens is 294 g/mol. The molecular formula is C17H17N3OS. The number of nitrogens with zero attached hydrogens (tertiary/aromatic N) is 3. The summed E-state index contributed by atoms with van der Waals surface area (Å²) < 4.78 is 7.09. The van der Waals surface area contributed by atoms with Crippen molar-refractivity contribution in [1.82, 2.24) is 4.68 Å². The summed E-state index contributed by atoms with van der Waals surface area (Å²) in [4.78, 5) is 5.54. The first kappa shape index (κ1) is 14.5. The minimum absolute atomic E-state index is 0.718. The number of benzene rings is 1. The van der Waals surface area contributed by atoms with Gasteiger partial charge in [-0.15, -0.1) is 11.3 Å². The lowest BCUT2D eigenvalue weighted by Gasteiger charge is -2.01. The fourth-order valence-electron chi connectivity index (χ4n) is 1.99. The van der Waals surface area contributed by atoms with E-state index in [0.29, 0.717) is 0 Å². The fraction of sp³-hybridized carbons (Fsp3) is 0.176. The van der Waals surface area contributed by atoms with Crippen molar-refractivity contribution < 1.29 is 4.42 Å². The zero-order valence-corrected chi connectivity index (χ0v) is 13.6. The van der Waals surface area contributed by atoms with Crippen LogP contribution in [0.3, 0.4) is 0 Å². The molecule has 1 aromatic carbocycles. The quantitative estimate of drug-likeness (QED) is 0.669. The molecule has 0 aliphatic heterocycles. The van der Waals surface area contributed by atoms with Crippen molar-refractivity contribution in [3.63, 3.8) is 0 Å². The molecule has 0 radical (unpaired) electrons. The van der Waals surface area contributed by atoms with Gasteiger partial charge in [-0.25, -0.2) is 9.67 Å². The maximum absolute atomic E-state index is 5.27. The van der Waals surface area contributed by atoms with Crippen LogP contribution in [-0.2, 0) is 0 Å². The van der Waals surface area contributed by atoms with Gasteiger partial charge in [0.25, 0.3) is 0 Å². The molecule has 0 fully saturated rings. The molecule has 3 rings (SSSR count). The van der Waals surface area contributed by atoms with E-state index in [-0.39, 0.29) is 0 Å². The van der Waals surface area contributed by atoms with Crippen molar-refractivity contribution in [3.05, 3.63) is 69.4 Å². The molecule has 112 valence electrons. The van der Waals surface area contributed by atoms with E-state index < -0.39 is 0 Å². The van der Waals surface area contributed by atoms with E-state index in [4.69, 9.17) is 9.41 Å². The van der Waals surface area contributed by atoms with Crippen LogP contribution in [0.1, 0.15) is 22.6 Å². The minimum atomic E-state index is 0.718. The largest absolute Gasteiger partial charge is 0.463 e. The highest BCUT2D eigenvalue weighted by Crippen LogP contribution is 2.16. The van der Waals surface area contributed by atoms with Gasteiger partial charge < -0.3 is 4.42 Å².